The van der Waals surface area contributed by atoms with Gasteiger partial charge in [0, 0.05) is 37.6 Å². The first-order valence-corrected chi connectivity index (χ1v) is 6.78. The van der Waals surface area contributed by atoms with Crippen LogP contribution in [0.5, 0.6) is 0 Å². The molecule has 0 unspecified atom stereocenters. The molecule has 3 nitrogen and oxygen atoms in total. The van der Waals surface area contributed by atoms with Gasteiger partial charge in [0.15, 0.2) is 0 Å². The number of carbonyl (C=O) groups is 1. The van der Waals surface area contributed by atoms with Gasteiger partial charge < -0.3 is 10.2 Å². The summed E-state index contributed by atoms with van der Waals surface area (Å²) in [5.74, 6) is 0.201. The first-order chi connectivity index (χ1) is 8.69. The number of nitrogens with zero attached hydrogens (tertiary/aromatic N) is 1. The van der Waals surface area contributed by atoms with Crippen molar-refractivity contribution in [1.82, 2.24) is 10.2 Å². The van der Waals surface area contributed by atoms with E-state index in [9.17, 15) is 4.79 Å². The standard InChI is InChI=1S/C14H21ClN2O/c1-3-17(4-2)14(18)9-10-16-11-12-7-5-6-8-13(12)15/h5-8,16H,3-4,9-11H2,1-2H3. The zero-order valence-electron chi connectivity index (χ0n) is 11.1. The van der Waals surface area contributed by atoms with Gasteiger partial charge in [-0.3, -0.25) is 4.79 Å². The summed E-state index contributed by atoms with van der Waals surface area (Å²) >= 11 is 6.05. The van der Waals surface area contributed by atoms with E-state index < -0.39 is 0 Å². The van der Waals surface area contributed by atoms with Crippen LogP contribution in [0, 0.1) is 0 Å². The van der Waals surface area contributed by atoms with E-state index in [1.807, 2.05) is 43.0 Å². The molecule has 0 aliphatic rings. The molecule has 0 aliphatic carbocycles. The maximum atomic E-state index is 11.7. The predicted molar refractivity (Wildman–Crippen MR) is 75.7 cm³/mol. The molecule has 100 valence electrons. The van der Waals surface area contributed by atoms with Crippen LogP contribution in [0.15, 0.2) is 24.3 Å². The molecule has 1 amide bonds. The van der Waals surface area contributed by atoms with E-state index in [4.69, 9.17) is 11.6 Å². The molecule has 18 heavy (non-hydrogen) atoms. The Morgan fingerprint density at radius 1 is 1.28 bits per heavy atom. The fourth-order valence-corrected chi connectivity index (χ4v) is 2.00. The fraction of sp³-hybridized carbons (Fsp3) is 0.500. The molecule has 0 saturated carbocycles. The van der Waals surface area contributed by atoms with Crippen molar-refractivity contribution >= 4 is 17.5 Å². The maximum Gasteiger partial charge on any atom is 0.223 e. The van der Waals surface area contributed by atoms with Crippen LogP contribution in [0.25, 0.3) is 0 Å². The Kier molecular flexibility index (Phi) is 6.76. The van der Waals surface area contributed by atoms with Crippen molar-refractivity contribution in [2.75, 3.05) is 19.6 Å². The highest BCUT2D eigenvalue weighted by atomic mass is 35.5. The molecule has 0 bridgehead atoms. The maximum absolute atomic E-state index is 11.7. The highest BCUT2D eigenvalue weighted by Crippen LogP contribution is 2.14. The number of hydrogen-bond acceptors (Lipinski definition) is 2. The van der Waals surface area contributed by atoms with Crippen LogP contribution >= 0.6 is 11.6 Å². The van der Waals surface area contributed by atoms with Gasteiger partial charge in [0.1, 0.15) is 0 Å². The Morgan fingerprint density at radius 3 is 2.56 bits per heavy atom. The second-order valence-electron chi connectivity index (χ2n) is 4.08. The highest BCUT2D eigenvalue weighted by molar-refractivity contribution is 6.31. The molecule has 0 fully saturated rings. The Morgan fingerprint density at radius 2 is 1.94 bits per heavy atom. The summed E-state index contributed by atoms with van der Waals surface area (Å²) in [6.45, 7) is 6.93. The summed E-state index contributed by atoms with van der Waals surface area (Å²) in [4.78, 5) is 13.6. The van der Waals surface area contributed by atoms with Gasteiger partial charge in [-0.15, -0.1) is 0 Å². The Balaban J connectivity index is 2.27. The molecule has 4 heteroatoms. The highest BCUT2D eigenvalue weighted by Gasteiger charge is 2.08. The molecule has 0 spiro atoms. The van der Waals surface area contributed by atoms with Crippen molar-refractivity contribution in [2.45, 2.75) is 26.8 Å². The zero-order valence-corrected chi connectivity index (χ0v) is 11.8. The summed E-state index contributed by atoms with van der Waals surface area (Å²) in [6.07, 6.45) is 0.534. The quantitative estimate of drug-likeness (QED) is 0.771. The van der Waals surface area contributed by atoms with Gasteiger partial charge >= 0.3 is 0 Å². The molecule has 1 aromatic rings. The minimum absolute atomic E-state index is 0.201. The number of benzene rings is 1. The zero-order chi connectivity index (χ0) is 13.4. The fourth-order valence-electron chi connectivity index (χ4n) is 1.79. The van der Waals surface area contributed by atoms with E-state index in [1.165, 1.54) is 0 Å². The van der Waals surface area contributed by atoms with Crippen LogP contribution in [0.4, 0.5) is 0 Å². The molecule has 0 saturated heterocycles. The van der Waals surface area contributed by atoms with Gasteiger partial charge in [-0.1, -0.05) is 29.8 Å². The van der Waals surface area contributed by atoms with Gasteiger partial charge in [0.05, 0.1) is 0 Å². The van der Waals surface area contributed by atoms with Crippen LogP contribution < -0.4 is 5.32 Å². The minimum atomic E-state index is 0.201. The average molecular weight is 269 g/mol. The second-order valence-corrected chi connectivity index (χ2v) is 4.49. The Labute approximate surface area is 114 Å². The van der Waals surface area contributed by atoms with Crippen molar-refractivity contribution in [3.63, 3.8) is 0 Å². The van der Waals surface area contributed by atoms with Gasteiger partial charge in [-0.2, -0.15) is 0 Å². The largest absolute Gasteiger partial charge is 0.343 e. The first-order valence-electron chi connectivity index (χ1n) is 6.40. The molecule has 0 heterocycles. The van der Waals surface area contributed by atoms with Gasteiger partial charge in [-0.25, -0.2) is 0 Å². The van der Waals surface area contributed by atoms with Crippen LogP contribution in [-0.4, -0.2) is 30.4 Å². The van der Waals surface area contributed by atoms with Crippen LogP contribution in [0.2, 0.25) is 5.02 Å². The SMILES string of the molecule is CCN(CC)C(=O)CCNCc1ccccc1Cl. The van der Waals surface area contributed by atoms with Crippen molar-refractivity contribution < 1.29 is 4.79 Å². The molecule has 0 radical (unpaired) electrons. The smallest absolute Gasteiger partial charge is 0.223 e. The van der Waals surface area contributed by atoms with E-state index in [0.29, 0.717) is 19.5 Å². The molecule has 1 aromatic carbocycles. The summed E-state index contributed by atoms with van der Waals surface area (Å²) in [7, 11) is 0. The number of amides is 1. The van der Waals surface area contributed by atoms with Crippen LogP contribution in [0.1, 0.15) is 25.8 Å². The predicted octanol–water partition coefficient (Wildman–Crippen LogP) is 2.69. The number of carbonyl (C=O) groups excluding carboxylic acids is 1. The third-order valence-corrected chi connectivity index (χ3v) is 3.27. The van der Waals surface area contributed by atoms with E-state index in [2.05, 4.69) is 5.32 Å². The molecule has 0 aromatic heterocycles. The third-order valence-electron chi connectivity index (χ3n) is 2.91. The van der Waals surface area contributed by atoms with Crippen molar-refractivity contribution in [3.8, 4) is 0 Å². The number of nitrogens with one attached hydrogen (secondary N) is 1. The van der Waals surface area contributed by atoms with Crippen molar-refractivity contribution in [1.29, 1.82) is 0 Å². The second kappa shape index (κ2) is 8.11. The lowest BCUT2D eigenvalue weighted by atomic mass is 10.2. The molecule has 1 rings (SSSR count). The van der Waals surface area contributed by atoms with Crippen molar-refractivity contribution in [2.24, 2.45) is 0 Å². The van der Waals surface area contributed by atoms with Gasteiger partial charge in [0.2, 0.25) is 5.91 Å². The minimum Gasteiger partial charge on any atom is -0.343 e. The average Bonchev–Trinajstić information content (AvgIpc) is 2.38. The summed E-state index contributed by atoms with van der Waals surface area (Å²) < 4.78 is 0. The third kappa shape index (κ3) is 4.67. The lowest BCUT2D eigenvalue weighted by Gasteiger charge is -2.18. The van der Waals surface area contributed by atoms with Crippen molar-refractivity contribution in [3.05, 3.63) is 34.9 Å². The first kappa shape index (κ1) is 15.0. The Bertz CT molecular complexity index is 378. The normalized spacial score (nSPS) is 10.4. The number of rotatable bonds is 7. The molecule has 0 atom stereocenters. The molecular formula is C14H21ClN2O. The van der Waals surface area contributed by atoms with E-state index >= 15 is 0 Å². The number of hydrogen-bond donors (Lipinski definition) is 1. The molecule has 1 N–H and O–H groups in total. The van der Waals surface area contributed by atoms with E-state index in [1.54, 1.807) is 0 Å². The van der Waals surface area contributed by atoms with Crippen LogP contribution in [-0.2, 0) is 11.3 Å². The monoisotopic (exact) mass is 268 g/mol. The van der Waals surface area contributed by atoms with E-state index in [-0.39, 0.29) is 5.91 Å². The van der Waals surface area contributed by atoms with Crippen LogP contribution in [0.3, 0.4) is 0 Å². The summed E-state index contributed by atoms with van der Waals surface area (Å²) in [5, 5.41) is 4.01. The number of halogens is 1. The lowest BCUT2D eigenvalue weighted by Crippen LogP contribution is -2.32. The summed E-state index contributed by atoms with van der Waals surface area (Å²) in [5.41, 5.74) is 1.06. The Hall–Kier alpha value is -1.06. The van der Waals surface area contributed by atoms with E-state index in [0.717, 1.165) is 23.7 Å². The van der Waals surface area contributed by atoms with Gasteiger partial charge in [0.25, 0.3) is 0 Å². The topological polar surface area (TPSA) is 32.3 Å². The summed E-state index contributed by atoms with van der Waals surface area (Å²) in [6, 6.07) is 7.74. The lowest BCUT2D eigenvalue weighted by molar-refractivity contribution is -0.130. The molecular weight excluding hydrogens is 248 g/mol. The molecule has 0 aliphatic heterocycles. The van der Waals surface area contributed by atoms with Gasteiger partial charge in [-0.05, 0) is 25.5 Å².